The van der Waals surface area contributed by atoms with Gasteiger partial charge in [-0.15, -0.1) is 0 Å². The highest BCUT2D eigenvalue weighted by Gasteiger charge is 2.45. The first-order chi connectivity index (χ1) is 13.5. The summed E-state index contributed by atoms with van der Waals surface area (Å²) in [6, 6.07) is 20.7. The Morgan fingerprint density at radius 3 is 2.07 bits per heavy atom. The second kappa shape index (κ2) is 8.50. The van der Waals surface area contributed by atoms with E-state index in [0.717, 1.165) is 16.9 Å². The summed E-state index contributed by atoms with van der Waals surface area (Å²) in [7, 11) is 4.27. The van der Waals surface area contributed by atoms with Crippen LogP contribution >= 0.6 is 0 Å². The third-order valence-electron chi connectivity index (χ3n) is 5.34. The first-order valence-electron chi connectivity index (χ1n) is 9.91. The van der Waals surface area contributed by atoms with Gasteiger partial charge in [0.25, 0.3) is 0 Å². The molecule has 28 heavy (non-hydrogen) atoms. The summed E-state index contributed by atoms with van der Waals surface area (Å²) in [4.78, 5) is 2.29. The van der Waals surface area contributed by atoms with Crippen LogP contribution in [0.15, 0.2) is 78.1 Å². The Balaban J connectivity index is 2.28. The quantitative estimate of drug-likeness (QED) is 0.654. The molecule has 3 rings (SSSR count). The molecule has 0 saturated heterocycles. The van der Waals surface area contributed by atoms with E-state index in [9.17, 15) is 0 Å². The third kappa shape index (κ3) is 3.63. The van der Waals surface area contributed by atoms with Gasteiger partial charge in [0.1, 0.15) is 5.76 Å². The third-order valence-corrected chi connectivity index (χ3v) is 5.34. The first-order valence-corrected chi connectivity index (χ1v) is 9.91. The van der Waals surface area contributed by atoms with Gasteiger partial charge in [0.05, 0.1) is 17.7 Å². The molecule has 0 N–H and O–H groups in total. The van der Waals surface area contributed by atoms with Crippen LogP contribution in [0.3, 0.4) is 0 Å². The molecule has 0 aromatic heterocycles. The predicted octanol–water partition coefficient (Wildman–Crippen LogP) is 5.38. The van der Waals surface area contributed by atoms with Crippen molar-refractivity contribution in [3.05, 3.63) is 89.2 Å². The fourth-order valence-electron chi connectivity index (χ4n) is 4.02. The van der Waals surface area contributed by atoms with E-state index in [1.165, 1.54) is 11.1 Å². The molecule has 2 heteroatoms. The molecule has 1 unspecified atom stereocenters. The maximum atomic E-state index is 6.09. The van der Waals surface area contributed by atoms with Crippen LogP contribution in [0.1, 0.15) is 31.9 Å². The van der Waals surface area contributed by atoms with E-state index in [4.69, 9.17) is 4.74 Å². The highest BCUT2D eigenvalue weighted by atomic mass is 16.5. The topological polar surface area (TPSA) is 12.5 Å². The Labute approximate surface area is 169 Å². The molecule has 0 bridgehead atoms. The zero-order valence-electron chi connectivity index (χ0n) is 17.5. The lowest BCUT2D eigenvalue weighted by molar-refractivity contribution is 0.200. The molecule has 2 nitrogen and oxygen atoms in total. The highest BCUT2D eigenvalue weighted by molar-refractivity contribution is 5.88. The lowest BCUT2D eigenvalue weighted by Crippen LogP contribution is -2.47. The predicted molar refractivity (Wildman–Crippen MR) is 118 cm³/mol. The van der Waals surface area contributed by atoms with Gasteiger partial charge in [-0.3, -0.25) is 4.90 Å². The summed E-state index contributed by atoms with van der Waals surface area (Å²) in [5, 5.41) is 0. The average molecular weight is 372 g/mol. The van der Waals surface area contributed by atoms with Crippen LogP contribution in [0, 0.1) is 17.8 Å². The molecule has 0 saturated carbocycles. The Bertz CT molecular complexity index is 917. The van der Waals surface area contributed by atoms with E-state index in [-0.39, 0.29) is 5.54 Å². The van der Waals surface area contributed by atoms with Gasteiger partial charge < -0.3 is 4.74 Å². The molecule has 2 aromatic carbocycles. The van der Waals surface area contributed by atoms with Crippen LogP contribution in [-0.2, 0) is 4.74 Å². The second-order valence-corrected chi connectivity index (χ2v) is 7.55. The maximum absolute atomic E-state index is 6.09. The van der Waals surface area contributed by atoms with Gasteiger partial charge in [0, 0.05) is 11.1 Å². The SMILES string of the molecule is CCOC1=CC(C(C)C)(N(C)C)C(c2ccccc2)=C1C#Cc1ccccc1. The van der Waals surface area contributed by atoms with Gasteiger partial charge in [-0.1, -0.05) is 74.2 Å². The van der Waals surface area contributed by atoms with E-state index in [1.54, 1.807) is 0 Å². The summed E-state index contributed by atoms with van der Waals surface area (Å²) in [6.45, 7) is 7.16. The van der Waals surface area contributed by atoms with Gasteiger partial charge in [-0.25, -0.2) is 0 Å². The van der Waals surface area contributed by atoms with Crippen molar-refractivity contribution in [3.63, 3.8) is 0 Å². The Kier molecular flexibility index (Phi) is 6.07. The monoisotopic (exact) mass is 371 g/mol. The summed E-state index contributed by atoms with van der Waals surface area (Å²) >= 11 is 0. The normalized spacial score (nSPS) is 18.9. The first kappa shape index (κ1) is 20.0. The fraction of sp³-hybridized carbons (Fsp3) is 0.308. The Morgan fingerprint density at radius 2 is 1.54 bits per heavy atom. The molecule has 0 aliphatic heterocycles. The lowest BCUT2D eigenvalue weighted by Gasteiger charge is -2.41. The molecule has 144 valence electrons. The fourth-order valence-corrected chi connectivity index (χ4v) is 4.02. The molecular weight excluding hydrogens is 342 g/mol. The molecule has 1 aliphatic rings. The van der Waals surface area contributed by atoms with Crippen molar-refractivity contribution in [2.75, 3.05) is 20.7 Å². The van der Waals surface area contributed by atoms with E-state index >= 15 is 0 Å². The lowest BCUT2D eigenvalue weighted by atomic mass is 9.77. The van der Waals surface area contributed by atoms with E-state index < -0.39 is 0 Å². The van der Waals surface area contributed by atoms with Crippen LogP contribution in [0.4, 0.5) is 0 Å². The van der Waals surface area contributed by atoms with Crippen molar-refractivity contribution in [1.29, 1.82) is 0 Å². The van der Waals surface area contributed by atoms with Crippen molar-refractivity contribution in [2.24, 2.45) is 5.92 Å². The van der Waals surface area contributed by atoms with Crippen LogP contribution in [0.5, 0.6) is 0 Å². The minimum Gasteiger partial charge on any atom is -0.493 e. The van der Waals surface area contributed by atoms with Gasteiger partial charge in [-0.2, -0.15) is 0 Å². The van der Waals surface area contributed by atoms with Crippen molar-refractivity contribution in [2.45, 2.75) is 26.3 Å². The molecule has 0 radical (unpaired) electrons. The average Bonchev–Trinajstić information content (AvgIpc) is 3.03. The molecule has 2 aromatic rings. The molecule has 0 spiro atoms. The molecule has 1 atom stereocenters. The number of hydrogen-bond donors (Lipinski definition) is 0. The van der Waals surface area contributed by atoms with Crippen LogP contribution in [0.25, 0.3) is 5.57 Å². The van der Waals surface area contributed by atoms with Crippen molar-refractivity contribution in [3.8, 4) is 11.8 Å². The minimum absolute atomic E-state index is 0.271. The summed E-state index contributed by atoms with van der Waals surface area (Å²) in [5.74, 6) is 8.03. The maximum Gasteiger partial charge on any atom is 0.133 e. The number of nitrogens with zero attached hydrogens (tertiary/aromatic N) is 1. The van der Waals surface area contributed by atoms with Gasteiger partial charge in [0.15, 0.2) is 0 Å². The zero-order chi connectivity index (χ0) is 20.1. The summed E-state index contributed by atoms with van der Waals surface area (Å²) in [5.41, 5.74) is 4.13. The van der Waals surface area contributed by atoms with Gasteiger partial charge in [0.2, 0.25) is 0 Å². The van der Waals surface area contributed by atoms with E-state index in [2.05, 4.69) is 81.1 Å². The second-order valence-electron chi connectivity index (χ2n) is 7.55. The Hall–Kier alpha value is -2.76. The minimum atomic E-state index is -0.271. The molecule has 0 fully saturated rings. The number of likely N-dealkylation sites (N-methyl/N-ethyl adjacent to an activating group) is 1. The van der Waals surface area contributed by atoms with Gasteiger partial charge in [-0.05, 0) is 50.7 Å². The molecule has 0 heterocycles. The van der Waals surface area contributed by atoms with E-state index in [0.29, 0.717) is 12.5 Å². The van der Waals surface area contributed by atoms with Crippen LogP contribution in [-0.4, -0.2) is 31.1 Å². The van der Waals surface area contributed by atoms with Crippen molar-refractivity contribution in [1.82, 2.24) is 4.90 Å². The highest BCUT2D eigenvalue weighted by Crippen LogP contribution is 2.48. The van der Waals surface area contributed by atoms with Crippen molar-refractivity contribution >= 4 is 5.57 Å². The van der Waals surface area contributed by atoms with E-state index in [1.807, 2.05) is 37.3 Å². The zero-order valence-corrected chi connectivity index (χ0v) is 17.5. The molecule has 1 aliphatic carbocycles. The number of hydrogen-bond acceptors (Lipinski definition) is 2. The largest absolute Gasteiger partial charge is 0.493 e. The van der Waals surface area contributed by atoms with Crippen molar-refractivity contribution < 1.29 is 4.74 Å². The number of allylic oxidation sites excluding steroid dienone is 1. The van der Waals surface area contributed by atoms with Gasteiger partial charge >= 0.3 is 0 Å². The number of rotatable bonds is 5. The Morgan fingerprint density at radius 1 is 0.929 bits per heavy atom. The van der Waals surface area contributed by atoms with Crippen LogP contribution in [0.2, 0.25) is 0 Å². The molecule has 0 amide bonds. The number of ether oxygens (including phenoxy) is 1. The standard InChI is InChI=1S/C26H29NO/c1-6-28-24-19-26(20(2)3,27(4)5)25(22-15-11-8-12-16-22)23(24)18-17-21-13-9-7-10-14-21/h7-16,19-20H,6H2,1-5H3. The summed E-state index contributed by atoms with van der Waals surface area (Å²) < 4.78 is 6.09. The number of benzene rings is 2. The van der Waals surface area contributed by atoms with Crippen LogP contribution < -0.4 is 0 Å². The smallest absolute Gasteiger partial charge is 0.133 e. The summed E-state index contributed by atoms with van der Waals surface area (Å²) in [6.07, 6.45) is 2.26. The molecular formula is C26H29NO.